The minimum absolute atomic E-state index is 0.0228. The van der Waals surface area contributed by atoms with Crippen molar-refractivity contribution in [3.8, 4) is 11.5 Å². The first-order valence-electron chi connectivity index (χ1n) is 5.02. The standard InChI is InChI=1S/C11H16N2O3/c1-3-8(12)11(15)13-7-4-5-10(16-2)9(14)6-7/h4-6,8,14H,3,12H2,1-2H3,(H,13,15). The summed E-state index contributed by atoms with van der Waals surface area (Å²) in [6.07, 6.45) is 0.563. The fourth-order valence-electron chi connectivity index (χ4n) is 1.19. The maximum Gasteiger partial charge on any atom is 0.241 e. The van der Waals surface area contributed by atoms with E-state index in [9.17, 15) is 9.90 Å². The van der Waals surface area contributed by atoms with Crippen molar-refractivity contribution >= 4 is 11.6 Å². The predicted octanol–water partition coefficient (Wildman–Crippen LogP) is 1.08. The second-order valence-electron chi connectivity index (χ2n) is 3.39. The summed E-state index contributed by atoms with van der Waals surface area (Å²) in [5, 5.41) is 12.1. The van der Waals surface area contributed by atoms with Crippen molar-refractivity contribution in [2.45, 2.75) is 19.4 Å². The van der Waals surface area contributed by atoms with Crippen molar-refractivity contribution in [1.29, 1.82) is 0 Å². The average molecular weight is 224 g/mol. The molecule has 0 aliphatic rings. The number of hydrogen-bond donors (Lipinski definition) is 3. The number of amides is 1. The number of benzene rings is 1. The number of aromatic hydroxyl groups is 1. The van der Waals surface area contributed by atoms with Gasteiger partial charge < -0.3 is 20.9 Å². The zero-order valence-corrected chi connectivity index (χ0v) is 9.36. The van der Waals surface area contributed by atoms with Gasteiger partial charge in [0.1, 0.15) is 0 Å². The number of nitrogens with one attached hydrogen (secondary N) is 1. The maximum absolute atomic E-state index is 11.5. The second-order valence-corrected chi connectivity index (χ2v) is 3.39. The molecule has 0 aliphatic carbocycles. The van der Waals surface area contributed by atoms with Crippen molar-refractivity contribution in [2.75, 3.05) is 12.4 Å². The van der Waals surface area contributed by atoms with E-state index in [0.29, 0.717) is 17.9 Å². The highest BCUT2D eigenvalue weighted by Gasteiger charge is 2.11. The van der Waals surface area contributed by atoms with Crippen LogP contribution in [0.3, 0.4) is 0 Å². The Morgan fingerprint density at radius 2 is 2.31 bits per heavy atom. The van der Waals surface area contributed by atoms with E-state index in [4.69, 9.17) is 10.5 Å². The zero-order chi connectivity index (χ0) is 12.1. The molecule has 1 atom stereocenters. The highest BCUT2D eigenvalue weighted by atomic mass is 16.5. The molecule has 0 aromatic heterocycles. The average Bonchev–Trinajstić information content (AvgIpc) is 2.28. The van der Waals surface area contributed by atoms with E-state index < -0.39 is 6.04 Å². The highest BCUT2D eigenvalue weighted by Crippen LogP contribution is 2.28. The Kier molecular flexibility index (Phi) is 4.13. The van der Waals surface area contributed by atoms with Gasteiger partial charge in [-0.1, -0.05) is 6.92 Å². The van der Waals surface area contributed by atoms with E-state index in [1.165, 1.54) is 13.2 Å². The fourth-order valence-corrected chi connectivity index (χ4v) is 1.19. The lowest BCUT2D eigenvalue weighted by Gasteiger charge is -2.11. The summed E-state index contributed by atoms with van der Waals surface area (Å²) in [6.45, 7) is 1.83. The van der Waals surface area contributed by atoms with Crippen LogP contribution in [0.15, 0.2) is 18.2 Å². The van der Waals surface area contributed by atoms with Crippen molar-refractivity contribution in [2.24, 2.45) is 5.73 Å². The van der Waals surface area contributed by atoms with Gasteiger partial charge in [-0.3, -0.25) is 4.79 Å². The molecule has 0 spiro atoms. The van der Waals surface area contributed by atoms with E-state index in [0.717, 1.165) is 0 Å². The molecule has 0 fully saturated rings. The van der Waals surface area contributed by atoms with Crippen LogP contribution in [-0.2, 0) is 4.79 Å². The highest BCUT2D eigenvalue weighted by molar-refractivity contribution is 5.94. The SMILES string of the molecule is CCC(N)C(=O)Nc1ccc(OC)c(O)c1. The van der Waals surface area contributed by atoms with Crippen LogP contribution in [0, 0.1) is 0 Å². The molecule has 1 aromatic carbocycles. The Hall–Kier alpha value is -1.75. The number of phenolic OH excluding ortho intramolecular Hbond substituents is 1. The fraction of sp³-hybridized carbons (Fsp3) is 0.364. The zero-order valence-electron chi connectivity index (χ0n) is 9.36. The molecular weight excluding hydrogens is 208 g/mol. The molecule has 1 amide bonds. The Morgan fingerprint density at radius 3 is 2.81 bits per heavy atom. The molecular formula is C11H16N2O3. The first-order valence-corrected chi connectivity index (χ1v) is 5.02. The minimum atomic E-state index is -0.538. The Balaban J connectivity index is 2.75. The Bertz CT molecular complexity index is 379. The van der Waals surface area contributed by atoms with Crippen LogP contribution in [0.1, 0.15) is 13.3 Å². The molecule has 0 saturated carbocycles. The quantitative estimate of drug-likeness (QED) is 0.714. The van der Waals surface area contributed by atoms with Gasteiger partial charge in [-0.25, -0.2) is 0 Å². The smallest absolute Gasteiger partial charge is 0.241 e. The van der Waals surface area contributed by atoms with Crippen LogP contribution < -0.4 is 15.8 Å². The van der Waals surface area contributed by atoms with E-state index in [1.54, 1.807) is 12.1 Å². The lowest BCUT2D eigenvalue weighted by atomic mass is 10.2. The molecule has 1 rings (SSSR count). The number of carbonyl (C=O) groups excluding carboxylic acids is 1. The van der Waals surface area contributed by atoms with E-state index in [-0.39, 0.29) is 11.7 Å². The van der Waals surface area contributed by atoms with Gasteiger partial charge in [-0.15, -0.1) is 0 Å². The van der Waals surface area contributed by atoms with Gasteiger partial charge in [-0.2, -0.15) is 0 Å². The number of ether oxygens (including phenoxy) is 1. The normalized spacial score (nSPS) is 11.9. The van der Waals surface area contributed by atoms with Gasteiger partial charge >= 0.3 is 0 Å². The summed E-state index contributed by atoms with van der Waals surface area (Å²) in [5.74, 6) is 0.0650. The van der Waals surface area contributed by atoms with Gasteiger partial charge in [-0.05, 0) is 18.6 Å². The molecule has 0 heterocycles. The number of carbonyl (C=O) groups is 1. The topological polar surface area (TPSA) is 84.6 Å². The van der Waals surface area contributed by atoms with Gasteiger partial charge in [0.05, 0.1) is 13.2 Å². The van der Waals surface area contributed by atoms with Crippen LogP contribution in [0.5, 0.6) is 11.5 Å². The first kappa shape index (κ1) is 12.3. The predicted molar refractivity (Wildman–Crippen MR) is 61.6 cm³/mol. The molecule has 16 heavy (non-hydrogen) atoms. The number of methoxy groups -OCH3 is 1. The molecule has 1 aromatic rings. The van der Waals surface area contributed by atoms with Crippen LogP contribution in [-0.4, -0.2) is 24.2 Å². The lowest BCUT2D eigenvalue weighted by Crippen LogP contribution is -2.34. The molecule has 0 radical (unpaired) electrons. The number of anilines is 1. The molecule has 0 aliphatic heterocycles. The molecule has 0 bridgehead atoms. The molecule has 5 heteroatoms. The molecule has 1 unspecified atom stereocenters. The first-order chi connectivity index (χ1) is 7.58. The molecule has 4 N–H and O–H groups in total. The van der Waals surface area contributed by atoms with Gasteiger partial charge in [0.15, 0.2) is 11.5 Å². The van der Waals surface area contributed by atoms with Crippen molar-refractivity contribution in [3.05, 3.63) is 18.2 Å². The lowest BCUT2D eigenvalue weighted by molar-refractivity contribution is -0.117. The summed E-state index contributed by atoms with van der Waals surface area (Å²) in [7, 11) is 1.46. The number of phenols is 1. The van der Waals surface area contributed by atoms with Crippen LogP contribution in [0.2, 0.25) is 0 Å². The van der Waals surface area contributed by atoms with E-state index in [2.05, 4.69) is 5.32 Å². The second kappa shape index (κ2) is 5.37. The third-order valence-corrected chi connectivity index (χ3v) is 2.22. The van der Waals surface area contributed by atoms with Crippen molar-refractivity contribution < 1.29 is 14.6 Å². The summed E-state index contributed by atoms with van der Waals surface area (Å²) in [4.78, 5) is 11.5. The Morgan fingerprint density at radius 1 is 1.62 bits per heavy atom. The number of rotatable bonds is 4. The van der Waals surface area contributed by atoms with Gasteiger partial charge in [0.2, 0.25) is 5.91 Å². The molecule has 5 nitrogen and oxygen atoms in total. The summed E-state index contributed by atoms with van der Waals surface area (Å²) in [6, 6.07) is 4.09. The number of nitrogens with two attached hydrogens (primary N) is 1. The van der Waals surface area contributed by atoms with E-state index >= 15 is 0 Å². The van der Waals surface area contributed by atoms with Crippen molar-refractivity contribution in [3.63, 3.8) is 0 Å². The van der Waals surface area contributed by atoms with Crippen LogP contribution in [0.4, 0.5) is 5.69 Å². The summed E-state index contributed by atoms with van der Waals surface area (Å²) >= 11 is 0. The third kappa shape index (κ3) is 2.87. The molecule has 88 valence electrons. The largest absolute Gasteiger partial charge is 0.504 e. The van der Waals surface area contributed by atoms with E-state index in [1.807, 2.05) is 6.92 Å². The number of hydrogen-bond acceptors (Lipinski definition) is 4. The monoisotopic (exact) mass is 224 g/mol. The Labute approximate surface area is 94.2 Å². The van der Waals surface area contributed by atoms with Crippen LogP contribution >= 0.6 is 0 Å². The van der Waals surface area contributed by atoms with Crippen molar-refractivity contribution in [1.82, 2.24) is 0 Å². The molecule has 0 saturated heterocycles. The minimum Gasteiger partial charge on any atom is -0.504 e. The summed E-state index contributed by atoms with van der Waals surface area (Å²) in [5.41, 5.74) is 6.05. The van der Waals surface area contributed by atoms with Crippen LogP contribution in [0.25, 0.3) is 0 Å². The van der Waals surface area contributed by atoms with Gasteiger partial charge in [0, 0.05) is 11.8 Å². The summed E-state index contributed by atoms with van der Waals surface area (Å²) < 4.78 is 4.89. The maximum atomic E-state index is 11.5. The third-order valence-electron chi connectivity index (χ3n) is 2.22. The van der Waals surface area contributed by atoms with Gasteiger partial charge in [0.25, 0.3) is 0 Å².